The van der Waals surface area contributed by atoms with Gasteiger partial charge in [0.25, 0.3) is 0 Å². The van der Waals surface area contributed by atoms with Gasteiger partial charge < -0.3 is 24.8 Å². The number of rotatable bonds is 5. The first-order valence-corrected chi connectivity index (χ1v) is 5.98. The Morgan fingerprint density at radius 2 is 2.17 bits per heavy atom. The molecule has 1 aliphatic rings. The van der Waals surface area contributed by atoms with Gasteiger partial charge in [0.05, 0.1) is 18.9 Å². The van der Waals surface area contributed by atoms with E-state index in [-0.39, 0.29) is 5.75 Å². The summed E-state index contributed by atoms with van der Waals surface area (Å²) in [4.78, 5) is 6.18. The Morgan fingerprint density at radius 3 is 2.83 bits per heavy atom. The molecule has 0 unspecified atom stereocenters. The van der Waals surface area contributed by atoms with Crippen molar-refractivity contribution >= 4 is 5.69 Å². The van der Waals surface area contributed by atoms with Crippen LogP contribution in [0.5, 0.6) is 5.75 Å². The van der Waals surface area contributed by atoms with Crippen LogP contribution in [0.25, 0.3) is 0 Å². The summed E-state index contributed by atoms with van der Waals surface area (Å²) in [6.07, 6.45) is 1.08. The molecule has 1 saturated heterocycles. The second-order valence-electron chi connectivity index (χ2n) is 4.40. The molecule has 100 valence electrons. The van der Waals surface area contributed by atoms with Crippen molar-refractivity contribution in [1.82, 2.24) is 9.88 Å². The molecule has 0 radical (unpaired) electrons. The zero-order valence-electron chi connectivity index (χ0n) is 10.7. The Hall–Kier alpha value is -1.37. The molecule has 0 amide bonds. The van der Waals surface area contributed by atoms with E-state index in [1.165, 1.54) is 0 Å². The van der Waals surface area contributed by atoms with Crippen LogP contribution in [0.1, 0.15) is 12.0 Å². The van der Waals surface area contributed by atoms with Crippen LogP contribution >= 0.6 is 0 Å². The molecule has 18 heavy (non-hydrogen) atoms. The third-order valence-electron chi connectivity index (χ3n) is 2.67. The van der Waals surface area contributed by atoms with Crippen molar-refractivity contribution < 1.29 is 14.6 Å². The summed E-state index contributed by atoms with van der Waals surface area (Å²) >= 11 is 0. The lowest BCUT2D eigenvalue weighted by atomic mass is 10.2. The van der Waals surface area contributed by atoms with E-state index in [0.717, 1.165) is 13.1 Å². The van der Waals surface area contributed by atoms with Crippen LogP contribution in [0, 0.1) is 0 Å². The van der Waals surface area contributed by atoms with Crippen LogP contribution in [0.3, 0.4) is 0 Å². The number of pyridine rings is 1. The van der Waals surface area contributed by atoms with Gasteiger partial charge in [0.15, 0.2) is 5.75 Å². The van der Waals surface area contributed by atoms with Gasteiger partial charge in [0.1, 0.15) is 5.69 Å². The van der Waals surface area contributed by atoms with Gasteiger partial charge in [-0.3, -0.25) is 4.98 Å². The van der Waals surface area contributed by atoms with E-state index in [4.69, 9.17) is 9.47 Å². The number of ether oxygens (including phenoxy) is 2. The Balaban J connectivity index is 2.04. The van der Waals surface area contributed by atoms with Crippen molar-refractivity contribution in [2.24, 2.45) is 0 Å². The first kappa shape index (κ1) is 13.1. The molecule has 1 aromatic rings. The molecule has 1 fully saturated rings. The van der Waals surface area contributed by atoms with Crippen LogP contribution < -0.4 is 5.32 Å². The molecule has 1 aromatic heterocycles. The average molecular weight is 253 g/mol. The van der Waals surface area contributed by atoms with Crippen LogP contribution in [0.4, 0.5) is 5.69 Å². The van der Waals surface area contributed by atoms with Gasteiger partial charge in [-0.15, -0.1) is 0 Å². The summed E-state index contributed by atoms with van der Waals surface area (Å²) in [7, 11) is 4.00. The van der Waals surface area contributed by atoms with E-state index in [1.807, 2.05) is 14.1 Å². The van der Waals surface area contributed by atoms with Gasteiger partial charge in [-0.1, -0.05) is 0 Å². The lowest BCUT2D eigenvalue weighted by molar-refractivity contribution is -0.0486. The molecule has 0 saturated carbocycles. The molecular formula is C12H19N3O3. The number of anilines is 1. The zero-order chi connectivity index (χ0) is 13.0. The van der Waals surface area contributed by atoms with Gasteiger partial charge >= 0.3 is 0 Å². The molecule has 1 aliphatic heterocycles. The number of aromatic hydroxyl groups is 1. The van der Waals surface area contributed by atoms with Gasteiger partial charge in [-0.2, -0.15) is 0 Å². The maximum Gasteiger partial charge on any atom is 0.205 e. The first-order valence-electron chi connectivity index (χ1n) is 5.98. The van der Waals surface area contributed by atoms with Gasteiger partial charge in [-0.05, 0) is 20.2 Å². The fourth-order valence-electron chi connectivity index (χ4n) is 1.72. The highest BCUT2D eigenvalue weighted by Crippen LogP contribution is 2.33. The summed E-state index contributed by atoms with van der Waals surface area (Å²) in [5.74, 6) is 0.100. The molecule has 0 bridgehead atoms. The smallest absolute Gasteiger partial charge is 0.205 e. The van der Waals surface area contributed by atoms with E-state index in [1.54, 1.807) is 12.3 Å². The molecule has 2 heterocycles. The molecule has 2 rings (SSSR count). The van der Waals surface area contributed by atoms with Crippen LogP contribution in [-0.4, -0.2) is 55.4 Å². The number of nitrogens with one attached hydrogen (secondary N) is 1. The van der Waals surface area contributed by atoms with Crippen molar-refractivity contribution in [3.63, 3.8) is 0 Å². The van der Waals surface area contributed by atoms with E-state index in [2.05, 4.69) is 15.2 Å². The predicted molar refractivity (Wildman–Crippen MR) is 67.6 cm³/mol. The van der Waals surface area contributed by atoms with E-state index in [0.29, 0.717) is 24.6 Å². The summed E-state index contributed by atoms with van der Waals surface area (Å²) < 4.78 is 10.7. The van der Waals surface area contributed by atoms with Crippen molar-refractivity contribution in [2.45, 2.75) is 6.29 Å². The molecule has 6 heteroatoms. The summed E-state index contributed by atoms with van der Waals surface area (Å²) in [5, 5.41) is 13.3. The molecule has 0 aliphatic carbocycles. The quantitative estimate of drug-likeness (QED) is 0.809. The van der Waals surface area contributed by atoms with Crippen LogP contribution in [0.15, 0.2) is 12.3 Å². The Morgan fingerprint density at radius 1 is 1.44 bits per heavy atom. The second kappa shape index (κ2) is 5.99. The number of aromatic nitrogens is 1. The molecule has 0 atom stereocenters. The molecule has 2 N–H and O–H groups in total. The monoisotopic (exact) mass is 253 g/mol. The van der Waals surface area contributed by atoms with Crippen molar-refractivity contribution in [1.29, 1.82) is 0 Å². The minimum absolute atomic E-state index is 0.100. The second-order valence-corrected chi connectivity index (χ2v) is 4.40. The molecule has 6 nitrogen and oxygen atoms in total. The molecule has 0 spiro atoms. The number of nitrogens with zero attached hydrogens (tertiary/aromatic N) is 2. The van der Waals surface area contributed by atoms with Gasteiger partial charge in [0, 0.05) is 19.3 Å². The number of likely N-dealkylation sites (N-methyl/N-ethyl adjacent to an activating group) is 1. The van der Waals surface area contributed by atoms with Crippen molar-refractivity contribution in [3.05, 3.63) is 18.0 Å². The fourth-order valence-corrected chi connectivity index (χ4v) is 1.72. The standard InChI is InChI=1S/C12H19N3O3/c1-15(2)6-5-13-9-3-4-14-10(11(9)16)12-17-7-8-18-12/h3-4,12,16H,5-8H2,1-2H3,(H,13,14). The summed E-state index contributed by atoms with van der Waals surface area (Å²) in [6, 6.07) is 1.74. The third-order valence-corrected chi connectivity index (χ3v) is 2.67. The maximum atomic E-state index is 10.1. The largest absolute Gasteiger partial charge is 0.504 e. The highest BCUT2D eigenvalue weighted by molar-refractivity contribution is 5.57. The lowest BCUT2D eigenvalue weighted by Gasteiger charge is -2.15. The SMILES string of the molecule is CN(C)CCNc1ccnc(C2OCCO2)c1O. The predicted octanol–water partition coefficient (Wildman–Crippen LogP) is 0.806. The topological polar surface area (TPSA) is 66.9 Å². The average Bonchev–Trinajstić information content (AvgIpc) is 2.84. The highest BCUT2D eigenvalue weighted by atomic mass is 16.7. The lowest BCUT2D eigenvalue weighted by Crippen LogP contribution is -2.21. The Bertz CT molecular complexity index is 392. The van der Waals surface area contributed by atoms with Crippen molar-refractivity contribution in [3.8, 4) is 5.75 Å². The fraction of sp³-hybridized carbons (Fsp3) is 0.583. The normalized spacial score (nSPS) is 16.4. The summed E-state index contributed by atoms with van der Waals surface area (Å²) in [6.45, 7) is 2.69. The van der Waals surface area contributed by atoms with Crippen molar-refractivity contribution in [2.75, 3.05) is 45.7 Å². The zero-order valence-corrected chi connectivity index (χ0v) is 10.7. The number of hydrogen-bond acceptors (Lipinski definition) is 6. The first-order chi connectivity index (χ1) is 8.68. The minimum atomic E-state index is -0.555. The van der Waals surface area contributed by atoms with Crippen LogP contribution in [0.2, 0.25) is 0 Å². The van der Waals surface area contributed by atoms with E-state index in [9.17, 15) is 5.11 Å². The summed E-state index contributed by atoms with van der Waals surface area (Å²) in [5.41, 5.74) is 1.09. The maximum absolute atomic E-state index is 10.1. The van der Waals surface area contributed by atoms with E-state index >= 15 is 0 Å². The Kier molecular flexibility index (Phi) is 4.35. The van der Waals surface area contributed by atoms with Crippen LogP contribution in [-0.2, 0) is 9.47 Å². The molecular weight excluding hydrogens is 234 g/mol. The Labute approximate surface area is 107 Å². The van der Waals surface area contributed by atoms with Gasteiger partial charge in [0.2, 0.25) is 6.29 Å². The van der Waals surface area contributed by atoms with E-state index < -0.39 is 6.29 Å². The third kappa shape index (κ3) is 3.10. The number of hydrogen-bond donors (Lipinski definition) is 2. The highest BCUT2D eigenvalue weighted by Gasteiger charge is 2.24. The minimum Gasteiger partial charge on any atom is -0.504 e. The van der Waals surface area contributed by atoms with Gasteiger partial charge in [-0.25, -0.2) is 0 Å². The molecule has 0 aromatic carbocycles.